The molecule has 2 unspecified atom stereocenters. The van der Waals surface area contributed by atoms with Crippen LogP contribution in [0.5, 0.6) is 0 Å². The standard InChI is InChI=1S/C17H30N2O3/c1-5-13(4)18-16(21)14-11-22-17(19(14)15(20)6-2)9-7-12(3)8-10-17/h12-14H,5-11H2,1-4H3,(H,18,21). The Balaban J connectivity index is 2.17. The molecule has 2 atom stereocenters. The topological polar surface area (TPSA) is 58.6 Å². The van der Waals surface area contributed by atoms with E-state index in [0.717, 1.165) is 32.1 Å². The van der Waals surface area contributed by atoms with Gasteiger partial charge in [0.15, 0.2) is 0 Å². The summed E-state index contributed by atoms with van der Waals surface area (Å²) in [6, 6.07) is -0.358. The predicted molar refractivity (Wildman–Crippen MR) is 85.1 cm³/mol. The first-order chi connectivity index (χ1) is 10.4. The van der Waals surface area contributed by atoms with Gasteiger partial charge in [-0.15, -0.1) is 0 Å². The molecular formula is C17H30N2O3. The van der Waals surface area contributed by atoms with Crippen molar-refractivity contribution in [2.75, 3.05) is 6.61 Å². The minimum atomic E-state index is -0.545. The van der Waals surface area contributed by atoms with Crippen LogP contribution in [-0.4, -0.2) is 41.1 Å². The highest BCUT2D eigenvalue weighted by Gasteiger charge is 2.52. The molecule has 2 aliphatic rings. The molecule has 1 aliphatic heterocycles. The quantitative estimate of drug-likeness (QED) is 0.867. The number of hydrogen-bond donors (Lipinski definition) is 1. The SMILES string of the molecule is CCC(=O)N1C(C(=O)NC(C)CC)COC12CCC(C)CC2. The molecule has 126 valence electrons. The van der Waals surface area contributed by atoms with E-state index in [9.17, 15) is 9.59 Å². The van der Waals surface area contributed by atoms with E-state index < -0.39 is 11.8 Å². The normalized spacial score (nSPS) is 33.0. The van der Waals surface area contributed by atoms with Crippen molar-refractivity contribution in [3.8, 4) is 0 Å². The first-order valence-corrected chi connectivity index (χ1v) is 8.70. The number of carbonyl (C=O) groups excluding carboxylic acids is 2. The molecule has 0 bridgehead atoms. The Morgan fingerprint density at radius 1 is 1.32 bits per heavy atom. The van der Waals surface area contributed by atoms with E-state index >= 15 is 0 Å². The van der Waals surface area contributed by atoms with Gasteiger partial charge in [0.2, 0.25) is 11.8 Å². The summed E-state index contributed by atoms with van der Waals surface area (Å²) in [5.74, 6) is 0.615. The van der Waals surface area contributed by atoms with Gasteiger partial charge in [-0.1, -0.05) is 20.8 Å². The molecule has 0 aromatic heterocycles. The van der Waals surface area contributed by atoms with Gasteiger partial charge in [-0.3, -0.25) is 14.5 Å². The van der Waals surface area contributed by atoms with E-state index in [1.807, 2.05) is 20.8 Å². The highest BCUT2D eigenvalue weighted by atomic mass is 16.5. The minimum absolute atomic E-state index is 0.0244. The zero-order valence-corrected chi connectivity index (χ0v) is 14.4. The zero-order valence-electron chi connectivity index (χ0n) is 14.4. The summed E-state index contributed by atoms with van der Waals surface area (Å²) in [4.78, 5) is 26.8. The fourth-order valence-corrected chi connectivity index (χ4v) is 3.47. The van der Waals surface area contributed by atoms with Crippen molar-refractivity contribution < 1.29 is 14.3 Å². The molecule has 2 amide bonds. The van der Waals surface area contributed by atoms with Crippen LogP contribution in [0.15, 0.2) is 0 Å². The van der Waals surface area contributed by atoms with E-state index in [1.54, 1.807) is 4.90 Å². The lowest BCUT2D eigenvalue weighted by molar-refractivity contribution is -0.161. The fraction of sp³-hybridized carbons (Fsp3) is 0.882. The molecule has 1 N–H and O–H groups in total. The Morgan fingerprint density at radius 2 is 1.95 bits per heavy atom. The van der Waals surface area contributed by atoms with Crippen LogP contribution in [-0.2, 0) is 14.3 Å². The average Bonchev–Trinajstić information content (AvgIpc) is 2.88. The van der Waals surface area contributed by atoms with E-state index in [1.165, 1.54) is 0 Å². The summed E-state index contributed by atoms with van der Waals surface area (Å²) in [5, 5.41) is 3.00. The van der Waals surface area contributed by atoms with Crippen molar-refractivity contribution in [1.29, 1.82) is 0 Å². The van der Waals surface area contributed by atoms with Crippen LogP contribution >= 0.6 is 0 Å². The van der Waals surface area contributed by atoms with Gasteiger partial charge in [0.05, 0.1) is 6.61 Å². The molecule has 0 radical (unpaired) electrons. The third-order valence-electron chi connectivity index (χ3n) is 5.19. The van der Waals surface area contributed by atoms with Crippen LogP contribution in [0.3, 0.4) is 0 Å². The second-order valence-electron chi connectivity index (χ2n) is 6.89. The molecular weight excluding hydrogens is 280 g/mol. The third-order valence-corrected chi connectivity index (χ3v) is 5.19. The Hall–Kier alpha value is -1.10. The maximum Gasteiger partial charge on any atom is 0.245 e. The molecule has 5 heteroatoms. The first-order valence-electron chi connectivity index (χ1n) is 8.70. The number of amides is 2. The molecule has 2 fully saturated rings. The summed E-state index contributed by atoms with van der Waals surface area (Å²) in [6.07, 6.45) is 5.07. The highest BCUT2D eigenvalue weighted by molar-refractivity contribution is 5.88. The first kappa shape index (κ1) is 17.3. The largest absolute Gasteiger partial charge is 0.353 e. The number of carbonyl (C=O) groups is 2. The molecule has 0 aromatic rings. The van der Waals surface area contributed by atoms with Crippen LogP contribution in [0.1, 0.15) is 66.2 Å². The van der Waals surface area contributed by atoms with Crippen molar-refractivity contribution in [3.63, 3.8) is 0 Å². The number of nitrogens with zero attached hydrogens (tertiary/aromatic N) is 1. The van der Waals surface area contributed by atoms with Crippen LogP contribution in [0.25, 0.3) is 0 Å². The summed E-state index contributed by atoms with van der Waals surface area (Å²) >= 11 is 0. The number of nitrogens with one attached hydrogen (secondary N) is 1. The molecule has 5 nitrogen and oxygen atoms in total. The second kappa shape index (κ2) is 6.99. The number of hydrogen-bond acceptors (Lipinski definition) is 3. The van der Waals surface area contributed by atoms with Crippen LogP contribution in [0, 0.1) is 5.92 Å². The maximum atomic E-state index is 12.6. The average molecular weight is 310 g/mol. The van der Waals surface area contributed by atoms with Crippen LogP contribution in [0.4, 0.5) is 0 Å². The van der Waals surface area contributed by atoms with Crippen molar-refractivity contribution in [2.24, 2.45) is 5.92 Å². The van der Waals surface area contributed by atoms with Gasteiger partial charge in [-0.05, 0) is 44.9 Å². The number of ether oxygens (including phenoxy) is 1. The Labute approximate surface area is 133 Å². The van der Waals surface area contributed by atoms with Crippen LogP contribution in [0.2, 0.25) is 0 Å². The maximum absolute atomic E-state index is 12.6. The molecule has 0 aromatic carbocycles. The Kier molecular flexibility index (Phi) is 5.48. The second-order valence-corrected chi connectivity index (χ2v) is 6.89. The summed E-state index contributed by atoms with van der Waals surface area (Å²) < 4.78 is 6.06. The summed E-state index contributed by atoms with van der Waals surface area (Å²) in [6.45, 7) is 8.43. The fourth-order valence-electron chi connectivity index (χ4n) is 3.47. The van der Waals surface area contributed by atoms with Gasteiger partial charge in [0.25, 0.3) is 0 Å². The molecule has 1 spiro atoms. The molecule has 1 heterocycles. The number of rotatable bonds is 4. The van der Waals surface area contributed by atoms with Gasteiger partial charge >= 0.3 is 0 Å². The zero-order chi connectivity index (χ0) is 16.3. The Morgan fingerprint density at radius 3 is 2.50 bits per heavy atom. The molecule has 22 heavy (non-hydrogen) atoms. The van der Waals surface area contributed by atoms with E-state index in [2.05, 4.69) is 12.2 Å². The monoisotopic (exact) mass is 310 g/mol. The summed E-state index contributed by atoms with van der Waals surface area (Å²) in [5.41, 5.74) is -0.545. The van der Waals surface area contributed by atoms with Crippen molar-refractivity contribution in [1.82, 2.24) is 10.2 Å². The van der Waals surface area contributed by atoms with Crippen LogP contribution < -0.4 is 5.32 Å². The predicted octanol–water partition coefficient (Wildman–Crippen LogP) is 2.44. The third kappa shape index (κ3) is 3.29. The lowest BCUT2D eigenvalue weighted by Gasteiger charge is -2.43. The van der Waals surface area contributed by atoms with Gasteiger partial charge in [0.1, 0.15) is 11.8 Å². The van der Waals surface area contributed by atoms with E-state index in [4.69, 9.17) is 4.74 Å². The van der Waals surface area contributed by atoms with Gasteiger partial charge in [-0.2, -0.15) is 0 Å². The lowest BCUT2D eigenvalue weighted by Crippen LogP contribution is -2.57. The minimum Gasteiger partial charge on any atom is -0.353 e. The van der Waals surface area contributed by atoms with Gasteiger partial charge in [0, 0.05) is 12.5 Å². The lowest BCUT2D eigenvalue weighted by atomic mass is 9.83. The van der Waals surface area contributed by atoms with Gasteiger partial charge in [-0.25, -0.2) is 0 Å². The smallest absolute Gasteiger partial charge is 0.245 e. The summed E-state index contributed by atoms with van der Waals surface area (Å²) in [7, 11) is 0. The van der Waals surface area contributed by atoms with E-state index in [-0.39, 0.29) is 17.9 Å². The molecule has 2 rings (SSSR count). The molecule has 1 saturated carbocycles. The Bertz CT molecular complexity index is 416. The molecule has 1 aliphatic carbocycles. The van der Waals surface area contributed by atoms with Crippen molar-refractivity contribution in [3.05, 3.63) is 0 Å². The molecule has 1 saturated heterocycles. The van der Waals surface area contributed by atoms with Crippen molar-refractivity contribution in [2.45, 2.75) is 84.0 Å². The van der Waals surface area contributed by atoms with E-state index in [0.29, 0.717) is 18.9 Å². The highest BCUT2D eigenvalue weighted by Crippen LogP contribution is 2.42. The van der Waals surface area contributed by atoms with Crippen molar-refractivity contribution >= 4 is 11.8 Å². The van der Waals surface area contributed by atoms with Gasteiger partial charge < -0.3 is 10.1 Å².